The van der Waals surface area contributed by atoms with Gasteiger partial charge in [0.15, 0.2) is 0 Å². The van der Waals surface area contributed by atoms with Crippen LogP contribution in [0.15, 0.2) is 21.0 Å². The summed E-state index contributed by atoms with van der Waals surface area (Å²) in [5.41, 5.74) is 8.24. The first-order valence-electron chi connectivity index (χ1n) is 5.36. The molecule has 6 nitrogen and oxygen atoms in total. The topological polar surface area (TPSA) is 81.5 Å². The summed E-state index contributed by atoms with van der Waals surface area (Å²) in [4.78, 5) is 0. The molecule has 98 valence electrons. The van der Waals surface area contributed by atoms with Crippen LogP contribution in [-0.4, -0.2) is 15.0 Å². The number of benzene rings is 1. The van der Waals surface area contributed by atoms with Crippen molar-refractivity contribution in [3.63, 3.8) is 0 Å². The van der Waals surface area contributed by atoms with Gasteiger partial charge in [0.25, 0.3) is 0 Å². The Hall–Kier alpha value is -1.28. The van der Waals surface area contributed by atoms with Crippen LogP contribution in [0.2, 0.25) is 10.0 Å². The van der Waals surface area contributed by atoms with Crippen LogP contribution in [0.25, 0.3) is 5.69 Å². The Morgan fingerprint density at radius 3 is 2.68 bits per heavy atom. The second-order valence-electron chi connectivity index (χ2n) is 4.03. The molecule has 0 spiro atoms. The lowest BCUT2D eigenvalue weighted by Gasteiger charge is -2.08. The molecule has 0 aliphatic carbocycles. The molecule has 2 aromatic rings. The van der Waals surface area contributed by atoms with Gasteiger partial charge in [-0.3, -0.25) is 0 Å². The van der Waals surface area contributed by atoms with Crippen molar-refractivity contribution in [3.8, 4) is 5.69 Å². The monoisotopic (exact) mass is 314 g/mol. The van der Waals surface area contributed by atoms with Crippen molar-refractivity contribution in [2.45, 2.75) is 13.0 Å². The van der Waals surface area contributed by atoms with Gasteiger partial charge in [-0.05, 0) is 13.0 Å². The molecule has 1 atom stereocenters. The van der Waals surface area contributed by atoms with E-state index in [1.54, 1.807) is 16.9 Å². The number of aromatic nitrogens is 3. The standard InChI is InChI=1S/C10H8Cl2N6S/c1-4(13)7-3-18(17-14-7)10-6(12)2-5(11)8-9(10)16-19-15-8/h2-4H,13H2,1H3. The van der Waals surface area contributed by atoms with Gasteiger partial charge >= 0.3 is 0 Å². The van der Waals surface area contributed by atoms with E-state index in [1.165, 1.54) is 0 Å². The van der Waals surface area contributed by atoms with Crippen LogP contribution in [0.5, 0.6) is 0 Å². The highest BCUT2D eigenvalue weighted by Gasteiger charge is 2.21. The van der Waals surface area contributed by atoms with Gasteiger partial charge in [0.1, 0.15) is 17.1 Å². The molecule has 0 radical (unpaired) electrons. The molecule has 19 heavy (non-hydrogen) atoms. The molecule has 0 amide bonds. The first-order valence-corrected chi connectivity index (χ1v) is 6.85. The Morgan fingerprint density at radius 2 is 2.00 bits per heavy atom. The fourth-order valence-corrected chi connectivity index (χ4v) is 2.87. The van der Waals surface area contributed by atoms with Crippen molar-refractivity contribution < 1.29 is 0 Å². The Morgan fingerprint density at radius 1 is 1.26 bits per heavy atom. The minimum Gasteiger partial charge on any atom is -0.323 e. The van der Waals surface area contributed by atoms with Gasteiger partial charge < -0.3 is 5.73 Å². The predicted octanol–water partition coefficient (Wildman–Crippen LogP) is 3.32. The summed E-state index contributed by atoms with van der Waals surface area (Å²) in [6.07, 6.45) is 1.72. The second-order valence-corrected chi connectivity index (χ2v) is 5.37. The lowest BCUT2D eigenvalue weighted by atomic mass is 10.2. The SMILES string of the molecule is CC(N)c1cn(-c2c(Cl)cc(Cl)c3c2N=S=N3)nn1. The third-order valence-electron chi connectivity index (χ3n) is 2.63. The summed E-state index contributed by atoms with van der Waals surface area (Å²) >= 11 is 13.4. The van der Waals surface area contributed by atoms with Crippen LogP contribution >= 0.6 is 23.2 Å². The van der Waals surface area contributed by atoms with Crippen molar-refractivity contribution in [1.82, 2.24) is 15.0 Å². The molecule has 2 N–H and O–H groups in total. The van der Waals surface area contributed by atoms with Crippen LogP contribution in [0.3, 0.4) is 0 Å². The number of nitrogens with two attached hydrogens (primary N) is 1. The zero-order chi connectivity index (χ0) is 13.6. The third-order valence-corrected chi connectivity index (χ3v) is 3.73. The Kier molecular flexibility index (Phi) is 3.14. The van der Waals surface area contributed by atoms with Gasteiger partial charge in [-0.2, -0.15) is 8.73 Å². The molecule has 1 aromatic heterocycles. The Bertz CT molecular complexity index is 732. The van der Waals surface area contributed by atoms with Crippen LogP contribution < -0.4 is 5.73 Å². The first-order chi connectivity index (χ1) is 9.08. The summed E-state index contributed by atoms with van der Waals surface area (Å²) < 4.78 is 9.90. The maximum atomic E-state index is 6.22. The number of hydrogen-bond donors (Lipinski definition) is 1. The Balaban J connectivity index is 2.20. The average molecular weight is 315 g/mol. The van der Waals surface area contributed by atoms with Gasteiger partial charge in [-0.1, -0.05) is 28.4 Å². The van der Waals surface area contributed by atoms with Crippen molar-refractivity contribution in [3.05, 3.63) is 28.0 Å². The molecule has 1 unspecified atom stereocenters. The Labute approximate surface area is 122 Å². The lowest BCUT2D eigenvalue weighted by molar-refractivity contribution is 0.757. The first kappa shape index (κ1) is 12.7. The summed E-state index contributed by atoms with van der Waals surface area (Å²) in [7, 11) is 0. The number of nitrogens with zero attached hydrogens (tertiary/aromatic N) is 5. The van der Waals surface area contributed by atoms with E-state index in [1.807, 2.05) is 6.92 Å². The van der Waals surface area contributed by atoms with Crippen LogP contribution in [-0.2, 0) is 11.4 Å². The van der Waals surface area contributed by atoms with Crippen molar-refractivity contribution in [2.75, 3.05) is 0 Å². The van der Waals surface area contributed by atoms with Crippen LogP contribution in [0, 0.1) is 0 Å². The maximum absolute atomic E-state index is 6.22. The maximum Gasteiger partial charge on any atom is 0.133 e. The van der Waals surface area contributed by atoms with Gasteiger partial charge in [0.2, 0.25) is 0 Å². The summed E-state index contributed by atoms with van der Waals surface area (Å²) in [6, 6.07) is 1.42. The van der Waals surface area contributed by atoms with E-state index >= 15 is 0 Å². The number of rotatable bonds is 2. The number of hydrogen-bond acceptors (Lipinski definition) is 5. The highest BCUT2D eigenvalue weighted by atomic mass is 35.5. The second kappa shape index (κ2) is 4.68. The number of halogens is 2. The molecular formula is C10H8Cl2N6S. The molecule has 0 bridgehead atoms. The zero-order valence-electron chi connectivity index (χ0n) is 9.71. The minimum atomic E-state index is -0.205. The molecule has 9 heteroatoms. The molecule has 0 saturated heterocycles. The van der Waals surface area contributed by atoms with E-state index < -0.39 is 0 Å². The molecule has 1 aromatic carbocycles. The van der Waals surface area contributed by atoms with Crippen molar-refractivity contribution >= 4 is 45.9 Å². The molecule has 2 heterocycles. The van der Waals surface area contributed by atoms with E-state index in [2.05, 4.69) is 19.0 Å². The van der Waals surface area contributed by atoms with Crippen LogP contribution in [0.1, 0.15) is 18.7 Å². The van der Waals surface area contributed by atoms with Gasteiger partial charge in [-0.25, -0.2) is 4.68 Å². The van der Waals surface area contributed by atoms with Crippen LogP contribution in [0.4, 0.5) is 11.4 Å². The van der Waals surface area contributed by atoms with Crippen molar-refractivity contribution in [2.24, 2.45) is 14.5 Å². The van der Waals surface area contributed by atoms with E-state index in [0.29, 0.717) is 32.8 Å². The predicted molar refractivity (Wildman–Crippen MR) is 75.5 cm³/mol. The lowest BCUT2D eigenvalue weighted by Crippen LogP contribution is -2.04. The van der Waals surface area contributed by atoms with E-state index in [-0.39, 0.29) is 6.04 Å². The third kappa shape index (κ3) is 2.08. The normalized spacial score (nSPS) is 14.3. The van der Waals surface area contributed by atoms with Crippen molar-refractivity contribution in [1.29, 1.82) is 0 Å². The zero-order valence-corrected chi connectivity index (χ0v) is 12.0. The smallest absolute Gasteiger partial charge is 0.133 e. The van der Waals surface area contributed by atoms with E-state index in [4.69, 9.17) is 28.9 Å². The van der Waals surface area contributed by atoms with Gasteiger partial charge in [-0.15, -0.1) is 5.10 Å². The molecule has 0 fully saturated rings. The molecule has 0 saturated carbocycles. The highest BCUT2D eigenvalue weighted by molar-refractivity contribution is 7.58. The molecule has 1 aliphatic heterocycles. The highest BCUT2D eigenvalue weighted by Crippen LogP contribution is 2.46. The largest absolute Gasteiger partial charge is 0.323 e. The van der Waals surface area contributed by atoms with Gasteiger partial charge in [0, 0.05) is 6.04 Å². The van der Waals surface area contributed by atoms with Gasteiger partial charge in [0.05, 0.1) is 33.3 Å². The summed E-state index contributed by atoms with van der Waals surface area (Å²) in [5, 5.41) is 8.92. The summed E-state index contributed by atoms with van der Waals surface area (Å²) in [6.45, 7) is 1.83. The summed E-state index contributed by atoms with van der Waals surface area (Å²) in [5.74, 6) is 0. The fourth-order valence-electron chi connectivity index (χ4n) is 1.67. The van der Waals surface area contributed by atoms with E-state index in [0.717, 1.165) is 11.4 Å². The molecular weight excluding hydrogens is 307 g/mol. The molecule has 1 aliphatic rings. The minimum absolute atomic E-state index is 0.205. The quantitative estimate of drug-likeness (QED) is 0.787. The average Bonchev–Trinajstić information content (AvgIpc) is 2.97. The number of fused-ring (bicyclic) bond motifs is 1. The molecule has 3 rings (SSSR count). The fraction of sp³-hybridized carbons (Fsp3) is 0.200. The van der Waals surface area contributed by atoms with E-state index in [9.17, 15) is 0 Å².